The number of fused-ring (bicyclic) bond motifs is 1. The lowest BCUT2D eigenvalue weighted by Gasteiger charge is -2.09. The number of ether oxygens (including phenoxy) is 2. The summed E-state index contributed by atoms with van der Waals surface area (Å²) in [4.78, 5) is 28.7. The number of esters is 1. The van der Waals surface area contributed by atoms with Gasteiger partial charge in [-0.15, -0.1) is 0 Å². The van der Waals surface area contributed by atoms with Crippen LogP contribution in [-0.2, 0) is 0 Å². The highest BCUT2D eigenvalue weighted by molar-refractivity contribution is 6.14. The standard InChI is InChI=1S/C20H13NO5/c1-12-15(26-20(23)16-6-4-10-24-16)8-7-14-18(22)17(25-19(12)14)11-13-5-2-3-9-21-13/h2-11H,1H3/b17-11-. The van der Waals surface area contributed by atoms with E-state index in [9.17, 15) is 9.59 Å². The molecule has 4 rings (SSSR count). The fraction of sp³-hybridized carbons (Fsp3) is 0.0500. The van der Waals surface area contributed by atoms with Crippen LogP contribution in [0.4, 0.5) is 0 Å². The second kappa shape index (κ2) is 6.33. The SMILES string of the molecule is Cc1c(OC(=O)c2ccco2)ccc2c1O/C(=C\c1ccccn1)C2=O. The van der Waals surface area contributed by atoms with Gasteiger partial charge in [0.15, 0.2) is 5.76 Å². The first kappa shape index (κ1) is 15.8. The van der Waals surface area contributed by atoms with Gasteiger partial charge in [0.05, 0.1) is 17.5 Å². The summed E-state index contributed by atoms with van der Waals surface area (Å²) < 4.78 is 16.1. The van der Waals surface area contributed by atoms with Crippen LogP contribution in [0, 0.1) is 6.92 Å². The van der Waals surface area contributed by atoms with E-state index in [4.69, 9.17) is 13.9 Å². The number of hydrogen-bond acceptors (Lipinski definition) is 6. The van der Waals surface area contributed by atoms with Gasteiger partial charge in [0.2, 0.25) is 11.5 Å². The number of Topliss-reactive ketones (excluding diaryl/α,β-unsaturated/α-hetero) is 1. The lowest BCUT2D eigenvalue weighted by molar-refractivity contribution is 0.0700. The Morgan fingerprint density at radius 2 is 2.04 bits per heavy atom. The largest absolute Gasteiger partial charge is 0.457 e. The average molecular weight is 347 g/mol. The summed E-state index contributed by atoms with van der Waals surface area (Å²) in [6, 6.07) is 11.6. The molecule has 0 bridgehead atoms. The van der Waals surface area contributed by atoms with Crippen LogP contribution >= 0.6 is 0 Å². The first-order valence-corrected chi connectivity index (χ1v) is 7.88. The van der Waals surface area contributed by atoms with Gasteiger partial charge >= 0.3 is 5.97 Å². The molecule has 0 radical (unpaired) electrons. The molecule has 6 nitrogen and oxygen atoms in total. The molecule has 0 atom stereocenters. The third-order valence-electron chi connectivity index (χ3n) is 3.93. The van der Waals surface area contributed by atoms with E-state index in [0.29, 0.717) is 28.3 Å². The highest BCUT2D eigenvalue weighted by atomic mass is 16.5. The van der Waals surface area contributed by atoms with Gasteiger partial charge in [0.25, 0.3) is 0 Å². The molecule has 1 aliphatic heterocycles. The van der Waals surface area contributed by atoms with Gasteiger partial charge in [-0.3, -0.25) is 9.78 Å². The zero-order valence-electron chi connectivity index (χ0n) is 13.8. The van der Waals surface area contributed by atoms with E-state index in [0.717, 1.165) is 0 Å². The van der Waals surface area contributed by atoms with E-state index < -0.39 is 5.97 Å². The molecule has 2 aromatic heterocycles. The highest BCUT2D eigenvalue weighted by Gasteiger charge is 2.30. The summed E-state index contributed by atoms with van der Waals surface area (Å²) in [6.07, 6.45) is 4.61. The van der Waals surface area contributed by atoms with Crippen LogP contribution in [0.5, 0.6) is 11.5 Å². The highest BCUT2D eigenvalue weighted by Crippen LogP contribution is 2.39. The normalized spacial score (nSPS) is 14.2. The average Bonchev–Trinajstić information content (AvgIpc) is 3.28. The van der Waals surface area contributed by atoms with Crippen LogP contribution in [0.1, 0.15) is 32.2 Å². The van der Waals surface area contributed by atoms with Crippen molar-refractivity contribution in [3.63, 3.8) is 0 Å². The predicted molar refractivity (Wildman–Crippen MR) is 92.0 cm³/mol. The molecule has 1 aliphatic rings. The maximum atomic E-state index is 12.5. The Bertz CT molecular complexity index is 1020. The number of benzene rings is 1. The number of allylic oxidation sites excluding steroid dienone is 1. The minimum Gasteiger partial charge on any atom is -0.457 e. The van der Waals surface area contributed by atoms with Crippen LogP contribution in [0.2, 0.25) is 0 Å². The maximum absolute atomic E-state index is 12.5. The number of carbonyl (C=O) groups is 2. The zero-order valence-corrected chi connectivity index (χ0v) is 13.8. The number of rotatable bonds is 3. The van der Waals surface area contributed by atoms with E-state index in [2.05, 4.69) is 4.98 Å². The Morgan fingerprint density at radius 3 is 2.77 bits per heavy atom. The van der Waals surface area contributed by atoms with Crippen molar-refractivity contribution in [2.75, 3.05) is 0 Å². The number of ketones is 1. The van der Waals surface area contributed by atoms with Crippen molar-refractivity contribution in [2.45, 2.75) is 6.92 Å². The zero-order chi connectivity index (χ0) is 18.1. The van der Waals surface area contributed by atoms with Gasteiger partial charge in [-0.05, 0) is 43.3 Å². The van der Waals surface area contributed by atoms with Crippen LogP contribution in [-0.4, -0.2) is 16.7 Å². The van der Waals surface area contributed by atoms with Crippen LogP contribution in [0.15, 0.2) is 65.1 Å². The molecule has 3 heterocycles. The number of carbonyl (C=O) groups excluding carboxylic acids is 2. The Labute approximate surface area is 148 Å². The van der Waals surface area contributed by atoms with Crippen molar-refractivity contribution in [3.8, 4) is 11.5 Å². The summed E-state index contributed by atoms with van der Waals surface area (Å²) in [6.45, 7) is 1.72. The van der Waals surface area contributed by atoms with Crippen molar-refractivity contribution < 1.29 is 23.5 Å². The molecule has 0 unspecified atom stereocenters. The summed E-state index contributed by atoms with van der Waals surface area (Å²) in [5, 5.41) is 0. The summed E-state index contributed by atoms with van der Waals surface area (Å²) in [7, 11) is 0. The molecule has 6 heteroatoms. The number of nitrogens with zero attached hydrogens (tertiary/aromatic N) is 1. The maximum Gasteiger partial charge on any atom is 0.379 e. The minimum absolute atomic E-state index is 0.0950. The third-order valence-corrected chi connectivity index (χ3v) is 3.93. The van der Waals surface area contributed by atoms with Crippen molar-refractivity contribution in [3.05, 3.63) is 83.3 Å². The molecule has 0 N–H and O–H groups in total. The van der Waals surface area contributed by atoms with E-state index in [1.54, 1.807) is 49.5 Å². The summed E-state index contributed by atoms with van der Waals surface area (Å²) in [5.74, 6) is 0.0946. The van der Waals surface area contributed by atoms with E-state index in [-0.39, 0.29) is 17.3 Å². The van der Waals surface area contributed by atoms with E-state index in [1.165, 1.54) is 12.3 Å². The molecular weight excluding hydrogens is 334 g/mol. The quantitative estimate of drug-likeness (QED) is 0.407. The second-order valence-electron chi connectivity index (χ2n) is 5.63. The van der Waals surface area contributed by atoms with Gasteiger partial charge < -0.3 is 13.9 Å². The van der Waals surface area contributed by atoms with Crippen LogP contribution < -0.4 is 9.47 Å². The number of pyridine rings is 1. The minimum atomic E-state index is -0.619. The Balaban J connectivity index is 1.64. The number of furan rings is 1. The lowest BCUT2D eigenvalue weighted by atomic mass is 10.1. The van der Waals surface area contributed by atoms with Gasteiger partial charge in [0.1, 0.15) is 11.5 Å². The first-order chi connectivity index (χ1) is 12.6. The van der Waals surface area contributed by atoms with Crippen molar-refractivity contribution in [1.82, 2.24) is 4.98 Å². The first-order valence-electron chi connectivity index (χ1n) is 7.88. The van der Waals surface area contributed by atoms with Crippen molar-refractivity contribution in [1.29, 1.82) is 0 Å². The van der Waals surface area contributed by atoms with E-state index >= 15 is 0 Å². The molecule has 0 saturated carbocycles. The summed E-state index contributed by atoms with van der Waals surface area (Å²) in [5.41, 5.74) is 1.59. The fourth-order valence-electron chi connectivity index (χ4n) is 2.62. The molecule has 0 spiro atoms. The third kappa shape index (κ3) is 2.77. The van der Waals surface area contributed by atoms with Gasteiger partial charge in [0, 0.05) is 17.8 Å². The molecule has 0 amide bonds. The Hall–Kier alpha value is -3.67. The topological polar surface area (TPSA) is 78.6 Å². The molecule has 3 aromatic rings. The van der Waals surface area contributed by atoms with Crippen molar-refractivity contribution in [2.24, 2.45) is 0 Å². The van der Waals surface area contributed by atoms with Gasteiger partial charge in [-0.1, -0.05) is 6.07 Å². The predicted octanol–water partition coefficient (Wildman–Crippen LogP) is 3.82. The van der Waals surface area contributed by atoms with Crippen LogP contribution in [0.3, 0.4) is 0 Å². The summed E-state index contributed by atoms with van der Waals surface area (Å²) >= 11 is 0. The number of aromatic nitrogens is 1. The molecular formula is C20H13NO5. The molecule has 0 aliphatic carbocycles. The fourth-order valence-corrected chi connectivity index (χ4v) is 2.62. The molecule has 0 fully saturated rings. The Morgan fingerprint density at radius 1 is 1.15 bits per heavy atom. The van der Waals surface area contributed by atoms with E-state index in [1.807, 2.05) is 6.07 Å². The molecule has 0 saturated heterocycles. The molecule has 26 heavy (non-hydrogen) atoms. The monoisotopic (exact) mass is 347 g/mol. The lowest BCUT2D eigenvalue weighted by Crippen LogP contribution is -2.08. The smallest absolute Gasteiger partial charge is 0.379 e. The van der Waals surface area contributed by atoms with Gasteiger partial charge in [-0.2, -0.15) is 0 Å². The Kier molecular flexibility index (Phi) is 3.85. The molecule has 1 aromatic carbocycles. The van der Waals surface area contributed by atoms with Crippen molar-refractivity contribution >= 4 is 17.8 Å². The molecule has 128 valence electrons. The van der Waals surface area contributed by atoms with Crippen LogP contribution in [0.25, 0.3) is 6.08 Å². The van der Waals surface area contributed by atoms with Gasteiger partial charge in [-0.25, -0.2) is 4.79 Å². The number of hydrogen-bond donors (Lipinski definition) is 0. The second-order valence-corrected chi connectivity index (χ2v) is 5.63.